The first-order chi connectivity index (χ1) is 16.4. The smallest absolute Gasteiger partial charge is 0.291 e. The van der Waals surface area contributed by atoms with Crippen LogP contribution in [0.5, 0.6) is 5.75 Å². The van der Waals surface area contributed by atoms with Crippen LogP contribution < -0.4 is 10.2 Å². The zero-order chi connectivity index (χ0) is 24.0. The second kappa shape index (κ2) is 8.82. The number of fused-ring (bicyclic) bond motifs is 2. The van der Waals surface area contributed by atoms with Gasteiger partial charge < -0.3 is 14.1 Å². The van der Waals surface area contributed by atoms with Crippen molar-refractivity contribution in [2.45, 2.75) is 26.4 Å². The van der Waals surface area contributed by atoms with Gasteiger partial charge in [-0.2, -0.15) is 0 Å². The molecule has 0 saturated carbocycles. The number of halogens is 2. The van der Waals surface area contributed by atoms with Crippen molar-refractivity contribution in [2.24, 2.45) is 0 Å². The van der Waals surface area contributed by atoms with Crippen LogP contribution in [0.1, 0.15) is 45.8 Å². The highest BCUT2D eigenvalue weighted by Gasteiger charge is 2.43. The molecule has 5 rings (SSSR count). The summed E-state index contributed by atoms with van der Waals surface area (Å²) in [6.07, 6.45) is 0. The summed E-state index contributed by atoms with van der Waals surface area (Å²) < 4.78 is 11.6. The third-order valence-electron chi connectivity index (χ3n) is 6.05. The number of benzene rings is 3. The zero-order valence-electron chi connectivity index (χ0n) is 18.6. The van der Waals surface area contributed by atoms with Gasteiger partial charge in [0.15, 0.2) is 5.43 Å². The molecule has 1 atom stereocenters. The highest BCUT2D eigenvalue weighted by atomic mass is 35.5. The van der Waals surface area contributed by atoms with E-state index in [1.807, 2.05) is 56.3 Å². The molecule has 1 amide bonds. The fourth-order valence-corrected chi connectivity index (χ4v) is 4.73. The Morgan fingerprint density at radius 3 is 2.44 bits per heavy atom. The highest BCUT2D eigenvalue weighted by molar-refractivity contribution is 6.32. The van der Waals surface area contributed by atoms with Gasteiger partial charge >= 0.3 is 0 Å². The molecule has 0 saturated heterocycles. The third-order valence-corrected chi connectivity index (χ3v) is 6.83. The van der Waals surface area contributed by atoms with Crippen LogP contribution in [-0.4, -0.2) is 17.4 Å². The second-order valence-electron chi connectivity index (χ2n) is 8.20. The van der Waals surface area contributed by atoms with E-state index in [2.05, 4.69) is 0 Å². The van der Waals surface area contributed by atoms with Crippen LogP contribution in [0.25, 0.3) is 11.0 Å². The van der Waals surface area contributed by atoms with Crippen LogP contribution in [0.15, 0.2) is 69.9 Å². The fourth-order valence-electron chi connectivity index (χ4n) is 4.37. The molecular formula is C27H21Cl2NO4. The van der Waals surface area contributed by atoms with E-state index >= 15 is 0 Å². The molecule has 0 aliphatic carbocycles. The molecule has 1 aliphatic heterocycles. The number of carbonyl (C=O) groups is 1. The lowest BCUT2D eigenvalue weighted by Crippen LogP contribution is -2.29. The largest absolute Gasteiger partial charge is 0.494 e. The third kappa shape index (κ3) is 3.75. The number of ether oxygens (including phenoxy) is 1. The molecule has 34 heavy (non-hydrogen) atoms. The molecule has 0 N–H and O–H groups in total. The quantitative estimate of drug-likeness (QED) is 0.316. The summed E-state index contributed by atoms with van der Waals surface area (Å²) in [5.74, 6) is 0.395. The number of nitrogens with zero attached hydrogens (tertiary/aromatic N) is 1. The molecule has 5 nitrogen and oxygen atoms in total. The molecule has 1 aliphatic rings. The van der Waals surface area contributed by atoms with Gasteiger partial charge in [-0.25, -0.2) is 0 Å². The Balaban J connectivity index is 1.71. The number of hydrogen-bond donors (Lipinski definition) is 0. The average Bonchev–Trinajstić information content (AvgIpc) is 3.09. The van der Waals surface area contributed by atoms with Crippen molar-refractivity contribution < 1.29 is 13.9 Å². The van der Waals surface area contributed by atoms with Crippen molar-refractivity contribution in [2.75, 3.05) is 6.61 Å². The van der Waals surface area contributed by atoms with Crippen molar-refractivity contribution in [3.05, 3.63) is 109 Å². The highest BCUT2D eigenvalue weighted by Crippen LogP contribution is 2.40. The van der Waals surface area contributed by atoms with Crippen LogP contribution in [0.3, 0.4) is 0 Å². The lowest BCUT2D eigenvalue weighted by molar-refractivity contribution is 0.0714. The lowest BCUT2D eigenvalue weighted by atomic mass is 9.98. The Morgan fingerprint density at radius 1 is 1.00 bits per heavy atom. The number of aryl methyl sites for hydroxylation is 1. The van der Waals surface area contributed by atoms with Gasteiger partial charge in [0.2, 0.25) is 5.76 Å². The zero-order valence-corrected chi connectivity index (χ0v) is 20.1. The minimum absolute atomic E-state index is 0.0464. The number of hydrogen-bond acceptors (Lipinski definition) is 4. The van der Waals surface area contributed by atoms with Gasteiger partial charge in [0, 0.05) is 16.6 Å². The van der Waals surface area contributed by atoms with E-state index in [-0.39, 0.29) is 23.6 Å². The summed E-state index contributed by atoms with van der Waals surface area (Å²) in [5, 5.41) is 1.36. The molecule has 2 heterocycles. The monoisotopic (exact) mass is 493 g/mol. The summed E-state index contributed by atoms with van der Waals surface area (Å²) in [5.41, 5.74) is 2.67. The Kier molecular flexibility index (Phi) is 5.84. The van der Waals surface area contributed by atoms with Crippen molar-refractivity contribution >= 4 is 40.1 Å². The Morgan fingerprint density at radius 2 is 1.74 bits per heavy atom. The van der Waals surface area contributed by atoms with Crippen molar-refractivity contribution in [1.29, 1.82) is 0 Å². The second-order valence-corrected chi connectivity index (χ2v) is 9.01. The van der Waals surface area contributed by atoms with Crippen molar-refractivity contribution in [1.82, 2.24) is 4.90 Å². The Hall–Kier alpha value is -3.28. The number of rotatable bonds is 5. The summed E-state index contributed by atoms with van der Waals surface area (Å²) >= 11 is 12.7. The van der Waals surface area contributed by atoms with E-state index in [0.717, 1.165) is 16.7 Å². The number of amides is 1. The van der Waals surface area contributed by atoms with E-state index in [9.17, 15) is 9.59 Å². The predicted octanol–water partition coefficient (Wildman–Crippen LogP) is 6.55. The van der Waals surface area contributed by atoms with Gasteiger partial charge in [0.05, 0.1) is 23.6 Å². The first kappa shape index (κ1) is 22.5. The Bertz CT molecular complexity index is 1480. The molecule has 0 spiro atoms. The van der Waals surface area contributed by atoms with E-state index < -0.39 is 6.04 Å². The topological polar surface area (TPSA) is 59.8 Å². The Labute approximate surface area is 206 Å². The minimum atomic E-state index is -0.643. The molecule has 4 aromatic rings. The minimum Gasteiger partial charge on any atom is -0.494 e. The summed E-state index contributed by atoms with van der Waals surface area (Å²) in [7, 11) is 0. The molecule has 1 aromatic heterocycles. The summed E-state index contributed by atoms with van der Waals surface area (Å²) in [4.78, 5) is 28.9. The molecular weight excluding hydrogens is 473 g/mol. The molecule has 0 fully saturated rings. The molecule has 7 heteroatoms. The maximum absolute atomic E-state index is 13.7. The van der Waals surface area contributed by atoms with Gasteiger partial charge in [0.1, 0.15) is 11.3 Å². The molecule has 172 valence electrons. The van der Waals surface area contributed by atoms with E-state index in [4.69, 9.17) is 32.4 Å². The van der Waals surface area contributed by atoms with Gasteiger partial charge in [0.25, 0.3) is 5.91 Å². The normalized spacial score (nSPS) is 15.1. The summed E-state index contributed by atoms with van der Waals surface area (Å²) in [6, 6.07) is 17.4. The van der Waals surface area contributed by atoms with E-state index in [1.54, 1.807) is 23.1 Å². The molecule has 0 radical (unpaired) electrons. The molecule has 0 bridgehead atoms. The SMILES string of the molecule is CCOc1ccc(C2c3c(oc4cc(C)c(Cl)cc4c3=O)C(=O)N2Cc2ccccc2Cl)cc1. The van der Waals surface area contributed by atoms with Crippen LogP contribution in [0, 0.1) is 6.92 Å². The summed E-state index contributed by atoms with van der Waals surface area (Å²) in [6.45, 7) is 4.49. The van der Waals surface area contributed by atoms with Crippen LogP contribution in [0.4, 0.5) is 0 Å². The van der Waals surface area contributed by atoms with E-state index in [0.29, 0.717) is 38.9 Å². The number of carbonyl (C=O) groups excluding carboxylic acids is 1. The molecule has 1 unspecified atom stereocenters. The van der Waals surface area contributed by atoms with Crippen LogP contribution >= 0.6 is 23.2 Å². The maximum Gasteiger partial charge on any atom is 0.291 e. The standard InChI is InChI=1S/C27H21Cl2NO4/c1-3-33-18-10-8-16(9-11-18)24-23-25(31)19-13-21(29)15(2)12-22(19)34-26(23)27(32)30(24)14-17-6-4-5-7-20(17)28/h4-13,24H,3,14H2,1-2H3. The maximum atomic E-state index is 13.7. The predicted molar refractivity (Wildman–Crippen MR) is 133 cm³/mol. The van der Waals surface area contributed by atoms with Gasteiger partial charge in [-0.15, -0.1) is 0 Å². The van der Waals surface area contributed by atoms with Crippen molar-refractivity contribution in [3.8, 4) is 5.75 Å². The van der Waals surface area contributed by atoms with Gasteiger partial charge in [-0.3, -0.25) is 9.59 Å². The molecule has 3 aromatic carbocycles. The fraction of sp³-hybridized carbons (Fsp3) is 0.185. The first-order valence-corrected chi connectivity index (χ1v) is 11.7. The van der Waals surface area contributed by atoms with Crippen LogP contribution in [0.2, 0.25) is 10.0 Å². The lowest BCUT2D eigenvalue weighted by Gasteiger charge is -2.25. The van der Waals surface area contributed by atoms with Crippen molar-refractivity contribution in [3.63, 3.8) is 0 Å². The van der Waals surface area contributed by atoms with Gasteiger partial charge in [-0.05, 0) is 60.9 Å². The van der Waals surface area contributed by atoms with Gasteiger partial charge in [-0.1, -0.05) is 53.5 Å². The average molecular weight is 494 g/mol. The van der Waals surface area contributed by atoms with Crippen LogP contribution in [-0.2, 0) is 6.54 Å². The first-order valence-electron chi connectivity index (χ1n) is 10.9. The van der Waals surface area contributed by atoms with E-state index in [1.165, 1.54) is 0 Å².